The number of aliphatic hydroxyl groups excluding tert-OH is 1. The van der Waals surface area contributed by atoms with Gasteiger partial charge < -0.3 is 10.0 Å². The molecule has 0 atom stereocenters. The fourth-order valence-corrected chi connectivity index (χ4v) is 3.20. The largest absolute Gasteiger partial charge is 0.392 e. The van der Waals surface area contributed by atoms with Crippen LogP contribution in [0.3, 0.4) is 0 Å². The Kier molecular flexibility index (Phi) is 6.54. The van der Waals surface area contributed by atoms with E-state index in [9.17, 15) is 8.42 Å². The van der Waals surface area contributed by atoms with Gasteiger partial charge in [0.25, 0.3) is 10.0 Å². The Morgan fingerprint density at radius 1 is 1.25 bits per heavy atom. The van der Waals surface area contributed by atoms with Crippen molar-refractivity contribution in [1.29, 1.82) is 0 Å². The number of rotatable bonds is 8. The zero-order valence-corrected chi connectivity index (χ0v) is 13.1. The number of pyridine rings is 1. The van der Waals surface area contributed by atoms with E-state index in [-0.39, 0.29) is 11.6 Å². The summed E-state index contributed by atoms with van der Waals surface area (Å²) in [5.41, 5.74) is 0.597. The van der Waals surface area contributed by atoms with E-state index in [1.165, 1.54) is 16.6 Å². The van der Waals surface area contributed by atoms with E-state index in [1.807, 2.05) is 25.9 Å². The quantitative estimate of drug-likeness (QED) is 0.758. The molecule has 6 nitrogen and oxygen atoms in total. The van der Waals surface area contributed by atoms with E-state index in [1.54, 1.807) is 6.07 Å². The van der Waals surface area contributed by atoms with Crippen molar-refractivity contribution in [3.05, 3.63) is 23.9 Å². The minimum Gasteiger partial charge on any atom is -0.392 e. The molecule has 0 fully saturated rings. The summed E-state index contributed by atoms with van der Waals surface area (Å²) in [7, 11) is 0.365. The number of sulfonamides is 1. The lowest BCUT2D eigenvalue weighted by Gasteiger charge is -2.20. The maximum Gasteiger partial charge on any atom is 0.260 e. The molecule has 7 heteroatoms. The predicted octanol–water partition coefficient (Wildman–Crippen LogP) is 0.536. The molecule has 1 aromatic heterocycles. The number of hydrogen-bond acceptors (Lipinski definition) is 5. The average Bonchev–Trinajstić information content (AvgIpc) is 2.43. The van der Waals surface area contributed by atoms with Crippen LogP contribution in [0.1, 0.15) is 18.9 Å². The van der Waals surface area contributed by atoms with Crippen molar-refractivity contribution in [3.8, 4) is 0 Å². The summed E-state index contributed by atoms with van der Waals surface area (Å²) in [6.45, 7) is 3.39. The Morgan fingerprint density at radius 2 is 1.95 bits per heavy atom. The zero-order chi connectivity index (χ0) is 15.2. The molecule has 114 valence electrons. The van der Waals surface area contributed by atoms with Crippen LogP contribution in [0.25, 0.3) is 0 Å². The molecule has 0 radical (unpaired) electrons. The first kappa shape index (κ1) is 17.0. The molecule has 1 rings (SSSR count). The average molecular weight is 301 g/mol. The lowest BCUT2D eigenvalue weighted by Crippen LogP contribution is -2.33. The second-order valence-electron chi connectivity index (χ2n) is 4.82. The van der Waals surface area contributed by atoms with Crippen LogP contribution in [0.2, 0.25) is 0 Å². The van der Waals surface area contributed by atoms with Crippen molar-refractivity contribution in [2.45, 2.75) is 25.0 Å². The smallest absolute Gasteiger partial charge is 0.260 e. The summed E-state index contributed by atoms with van der Waals surface area (Å²) < 4.78 is 26.3. The van der Waals surface area contributed by atoms with E-state index < -0.39 is 10.0 Å². The van der Waals surface area contributed by atoms with Crippen molar-refractivity contribution < 1.29 is 13.5 Å². The molecule has 1 N–H and O–H groups in total. The molecule has 0 aliphatic heterocycles. The van der Waals surface area contributed by atoms with Crippen LogP contribution < -0.4 is 0 Å². The molecule has 0 aliphatic carbocycles. The van der Waals surface area contributed by atoms with Crippen molar-refractivity contribution in [3.63, 3.8) is 0 Å². The molecule has 0 aromatic carbocycles. The zero-order valence-electron chi connectivity index (χ0n) is 12.3. The topological polar surface area (TPSA) is 73.7 Å². The highest BCUT2D eigenvalue weighted by Crippen LogP contribution is 2.14. The highest BCUT2D eigenvalue weighted by Gasteiger charge is 2.23. The van der Waals surface area contributed by atoms with Crippen LogP contribution in [0, 0.1) is 0 Å². The third-order valence-corrected chi connectivity index (χ3v) is 4.84. The Bertz CT molecular complexity index is 500. The second-order valence-corrected chi connectivity index (χ2v) is 6.70. The summed E-state index contributed by atoms with van der Waals surface area (Å²) >= 11 is 0. The molecule has 0 saturated heterocycles. The maximum atomic E-state index is 12.4. The molecule has 0 saturated carbocycles. The molecule has 0 amide bonds. The first-order valence-electron chi connectivity index (χ1n) is 6.62. The van der Waals surface area contributed by atoms with Gasteiger partial charge in [0.15, 0.2) is 5.03 Å². The molecule has 1 heterocycles. The Hall–Kier alpha value is -1.02. The molecule has 0 unspecified atom stereocenters. The lowest BCUT2D eigenvalue weighted by atomic mass is 10.3. The summed E-state index contributed by atoms with van der Waals surface area (Å²) in [6, 6.07) is 3.02. The van der Waals surface area contributed by atoms with Gasteiger partial charge in [-0.25, -0.2) is 13.4 Å². The van der Waals surface area contributed by atoms with Crippen LogP contribution in [0.15, 0.2) is 23.4 Å². The van der Waals surface area contributed by atoms with Crippen molar-refractivity contribution in [2.75, 3.05) is 33.7 Å². The number of nitrogens with zero attached hydrogens (tertiary/aromatic N) is 3. The third kappa shape index (κ3) is 4.52. The van der Waals surface area contributed by atoms with Gasteiger partial charge in [-0.05, 0) is 38.7 Å². The highest BCUT2D eigenvalue weighted by atomic mass is 32.2. The van der Waals surface area contributed by atoms with Gasteiger partial charge in [-0.1, -0.05) is 13.0 Å². The summed E-state index contributed by atoms with van der Waals surface area (Å²) in [5.74, 6) is 0. The van der Waals surface area contributed by atoms with Crippen molar-refractivity contribution >= 4 is 10.0 Å². The number of aliphatic hydroxyl groups is 1. The monoisotopic (exact) mass is 301 g/mol. The molecule has 1 aromatic rings. The van der Waals surface area contributed by atoms with Crippen molar-refractivity contribution in [1.82, 2.24) is 14.2 Å². The van der Waals surface area contributed by atoms with Gasteiger partial charge in [0.1, 0.15) is 0 Å². The first-order valence-corrected chi connectivity index (χ1v) is 8.06. The SMILES string of the molecule is CCN(CCCN(C)C)S(=O)(=O)c1ccc(CO)cn1. The van der Waals surface area contributed by atoms with Crippen LogP contribution in [-0.2, 0) is 16.6 Å². The first-order chi connectivity index (χ1) is 9.41. The minimum atomic E-state index is -3.55. The Labute approximate surface area is 121 Å². The van der Waals surface area contributed by atoms with Crippen LogP contribution in [0.5, 0.6) is 0 Å². The van der Waals surface area contributed by atoms with Gasteiger partial charge in [0.2, 0.25) is 0 Å². The van der Waals surface area contributed by atoms with Gasteiger partial charge in [-0.2, -0.15) is 4.31 Å². The predicted molar refractivity (Wildman–Crippen MR) is 77.8 cm³/mol. The molecule has 20 heavy (non-hydrogen) atoms. The van der Waals surface area contributed by atoms with E-state index in [0.29, 0.717) is 18.7 Å². The molecule has 0 bridgehead atoms. The summed E-state index contributed by atoms with van der Waals surface area (Å²) in [5, 5.41) is 8.98. The Morgan fingerprint density at radius 3 is 2.40 bits per heavy atom. The van der Waals surface area contributed by atoms with Gasteiger partial charge in [-0.3, -0.25) is 0 Å². The third-order valence-electron chi connectivity index (χ3n) is 2.95. The van der Waals surface area contributed by atoms with Gasteiger partial charge in [0.05, 0.1) is 6.61 Å². The van der Waals surface area contributed by atoms with Crippen LogP contribution in [-0.4, -0.2) is 61.4 Å². The van der Waals surface area contributed by atoms with Crippen LogP contribution in [0.4, 0.5) is 0 Å². The second kappa shape index (κ2) is 7.68. The van der Waals surface area contributed by atoms with E-state index in [4.69, 9.17) is 5.11 Å². The maximum absolute atomic E-state index is 12.4. The standard InChI is InChI=1S/C13H23N3O3S/c1-4-16(9-5-8-15(2)3)20(18,19)13-7-6-12(11-17)10-14-13/h6-7,10,17H,4-5,8-9,11H2,1-3H3. The van der Waals surface area contributed by atoms with Gasteiger partial charge in [0, 0.05) is 19.3 Å². The van der Waals surface area contributed by atoms with Crippen molar-refractivity contribution in [2.24, 2.45) is 0 Å². The molecular weight excluding hydrogens is 278 g/mol. The van der Waals surface area contributed by atoms with Gasteiger partial charge >= 0.3 is 0 Å². The Balaban J connectivity index is 2.82. The van der Waals surface area contributed by atoms with E-state index >= 15 is 0 Å². The minimum absolute atomic E-state index is 0.0291. The van der Waals surface area contributed by atoms with Gasteiger partial charge in [-0.15, -0.1) is 0 Å². The summed E-state index contributed by atoms with van der Waals surface area (Å²) in [4.78, 5) is 5.96. The van der Waals surface area contributed by atoms with E-state index in [2.05, 4.69) is 4.98 Å². The fraction of sp³-hybridized carbons (Fsp3) is 0.615. The number of hydrogen-bond donors (Lipinski definition) is 1. The molecule has 0 aliphatic rings. The lowest BCUT2D eigenvalue weighted by molar-refractivity contribution is 0.281. The van der Waals surface area contributed by atoms with E-state index in [0.717, 1.165) is 13.0 Å². The number of aromatic nitrogens is 1. The van der Waals surface area contributed by atoms with Crippen LogP contribution >= 0.6 is 0 Å². The highest BCUT2D eigenvalue weighted by molar-refractivity contribution is 7.89. The fourth-order valence-electron chi connectivity index (χ4n) is 1.80. The normalized spacial score (nSPS) is 12.3. The summed E-state index contributed by atoms with van der Waals surface area (Å²) in [6.07, 6.45) is 2.16. The molecular formula is C13H23N3O3S. The molecule has 0 spiro atoms.